The van der Waals surface area contributed by atoms with E-state index in [4.69, 9.17) is 10.8 Å². The molecule has 0 amide bonds. The Bertz CT molecular complexity index is 102. The number of nitrogens with zero attached hydrogens (tertiary/aromatic N) is 1. The van der Waals surface area contributed by atoms with Crippen LogP contribution in [0.15, 0.2) is 0 Å². The highest BCUT2D eigenvalue weighted by Crippen LogP contribution is 2.14. The van der Waals surface area contributed by atoms with E-state index in [0.717, 1.165) is 6.42 Å². The average molecular weight is 160 g/mol. The van der Waals surface area contributed by atoms with Crippen molar-refractivity contribution < 1.29 is 5.11 Å². The second-order valence-electron chi connectivity index (χ2n) is 3.20. The van der Waals surface area contributed by atoms with Crippen molar-refractivity contribution in [1.82, 2.24) is 4.90 Å². The second kappa shape index (κ2) is 4.70. The minimum Gasteiger partial charge on any atom is -0.395 e. The van der Waals surface area contributed by atoms with E-state index in [1.165, 1.54) is 0 Å². The van der Waals surface area contributed by atoms with Gasteiger partial charge in [-0.15, -0.1) is 0 Å². The lowest BCUT2D eigenvalue weighted by Gasteiger charge is -2.36. The average Bonchev–Trinajstić information content (AvgIpc) is 2.03. The van der Waals surface area contributed by atoms with Gasteiger partial charge < -0.3 is 10.8 Å². The van der Waals surface area contributed by atoms with Gasteiger partial charge in [0.15, 0.2) is 0 Å². The van der Waals surface area contributed by atoms with E-state index in [9.17, 15) is 0 Å². The van der Waals surface area contributed by atoms with Gasteiger partial charge in [0.05, 0.1) is 6.61 Å². The van der Waals surface area contributed by atoms with Crippen LogP contribution in [0.4, 0.5) is 0 Å². The first-order valence-corrected chi connectivity index (χ1v) is 4.13. The summed E-state index contributed by atoms with van der Waals surface area (Å²) in [7, 11) is 1.99. The van der Waals surface area contributed by atoms with Gasteiger partial charge in [-0.1, -0.05) is 6.92 Å². The third-order valence-corrected chi connectivity index (χ3v) is 2.56. The Morgan fingerprint density at radius 1 is 1.55 bits per heavy atom. The molecule has 1 unspecified atom stereocenters. The van der Waals surface area contributed by atoms with E-state index in [-0.39, 0.29) is 12.1 Å². The summed E-state index contributed by atoms with van der Waals surface area (Å²) in [6.45, 7) is 5.76. The van der Waals surface area contributed by atoms with E-state index in [1.807, 2.05) is 7.05 Å². The minimum absolute atomic E-state index is 0.0444. The number of aliphatic hydroxyl groups excluding tert-OH is 1. The van der Waals surface area contributed by atoms with E-state index in [1.54, 1.807) is 0 Å². The van der Waals surface area contributed by atoms with Gasteiger partial charge in [-0.3, -0.25) is 4.90 Å². The Kier molecular flexibility index (Phi) is 4.65. The fraction of sp³-hybridized carbons (Fsp3) is 1.00. The lowest BCUT2D eigenvalue weighted by molar-refractivity contribution is 0.111. The number of rotatable bonds is 5. The van der Waals surface area contributed by atoms with Crippen LogP contribution in [0.5, 0.6) is 0 Å². The first kappa shape index (κ1) is 10.9. The minimum atomic E-state index is 0.0444. The van der Waals surface area contributed by atoms with Gasteiger partial charge in [0.25, 0.3) is 0 Å². The van der Waals surface area contributed by atoms with Crippen molar-refractivity contribution in [3.05, 3.63) is 0 Å². The summed E-state index contributed by atoms with van der Waals surface area (Å²) in [6, 6.07) is 0. The van der Waals surface area contributed by atoms with Crippen LogP contribution in [0, 0.1) is 0 Å². The van der Waals surface area contributed by atoms with Crippen LogP contribution in [0.1, 0.15) is 20.3 Å². The molecule has 0 aliphatic carbocycles. The molecule has 0 bridgehead atoms. The van der Waals surface area contributed by atoms with Gasteiger partial charge in [-0.05, 0) is 20.4 Å². The van der Waals surface area contributed by atoms with Crippen molar-refractivity contribution in [2.45, 2.75) is 25.8 Å². The summed E-state index contributed by atoms with van der Waals surface area (Å²) in [5.74, 6) is 0. The molecule has 0 rings (SSSR count). The highest BCUT2D eigenvalue weighted by molar-refractivity contribution is 4.83. The van der Waals surface area contributed by atoms with E-state index in [0.29, 0.717) is 13.1 Å². The third-order valence-electron chi connectivity index (χ3n) is 2.56. The van der Waals surface area contributed by atoms with E-state index >= 15 is 0 Å². The van der Waals surface area contributed by atoms with Gasteiger partial charge >= 0.3 is 0 Å². The Hall–Kier alpha value is -0.120. The Morgan fingerprint density at radius 2 is 2.09 bits per heavy atom. The zero-order valence-electron chi connectivity index (χ0n) is 7.80. The van der Waals surface area contributed by atoms with Crippen LogP contribution < -0.4 is 5.73 Å². The molecular formula is C8H20N2O. The van der Waals surface area contributed by atoms with E-state index < -0.39 is 0 Å². The number of nitrogens with two attached hydrogens (primary N) is 1. The molecule has 1 atom stereocenters. The molecule has 3 N–H and O–H groups in total. The fourth-order valence-electron chi connectivity index (χ4n) is 0.990. The normalized spacial score (nSPS) is 16.9. The quantitative estimate of drug-likeness (QED) is 0.597. The van der Waals surface area contributed by atoms with E-state index in [2.05, 4.69) is 18.7 Å². The molecule has 0 aromatic heterocycles. The van der Waals surface area contributed by atoms with Gasteiger partial charge in [-0.2, -0.15) is 0 Å². The summed E-state index contributed by atoms with van der Waals surface area (Å²) >= 11 is 0. The predicted molar refractivity (Wildman–Crippen MR) is 47.5 cm³/mol. The van der Waals surface area contributed by atoms with Gasteiger partial charge in [0, 0.05) is 18.6 Å². The van der Waals surface area contributed by atoms with Gasteiger partial charge in [0.2, 0.25) is 0 Å². The van der Waals surface area contributed by atoms with Crippen LogP contribution in [-0.4, -0.2) is 42.3 Å². The van der Waals surface area contributed by atoms with Crippen LogP contribution in [-0.2, 0) is 0 Å². The summed E-state index contributed by atoms with van der Waals surface area (Å²) in [4.78, 5) is 2.10. The highest BCUT2D eigenvalue weighted by Gasteiger charge is 2.24. The Morgan fingerprint density at radius 3 is 2.36 bits per heavy atom. The van der Waals surface area contributed by atoms with Crippen LogP contribution in [0.25, 0.3) is 0 Å². The van der Waals surface area contributed by atoms with Crippen LogP contribution >= 0.6 is 0 Å². The van der Waals surface area contributed by atoms with Crippen molar-refractivity contribution in [2.75, 3.05) is 26.7 Å². The lowest BCUT2D eigenvalue weighted by Crippen LogP contribution is -2.50. The molecule has 68 valence electrons. The maximum atomic E-state index is 8.71. The lowest BCUT2D eigenvalue weighted by atomic mass is 9.97. The van der Waals surface area contributed by atoms with Gasteiger partial charge in [0.1, 0.15) is 0 Å². The largest absolute Gasteiger partial charge is 0.395 e. The number of hydrogen-bond acceptors (Lipinski definition) is 3. The summed E-state index contributed by atoms with van der Waals surface area (Å²) in [5, 5.41) is 8.71. The summed E-state index contributed by atoms with van der Waals surface area (Å²) in [5.41, 5.74) is 5.67. The molecule has 0 aliphatic heterocycles. The number of aliphatic hydroxyl groups is 1. The topological polar surface area (TPSA) is 49.5 Å². The first-order chi connectivity index (χ1) is 5.10. The summed E-state index contributed by atoms with van der Waals surface area (Å²) < 4.78 is 0. The monoisotopic (exact) mass is 160 g/mol. The third kappa shape index (κ3) is 2.77. The van der Waals surface area contributed by atoms with Crippen LogP contribution in [0.3, 0.4) is 0 Å². The fourth-order valence-corrected chi connectivity index (χ4v) is 0.990. The Labute approximate surface area is 69.2 Å². The molecular weight excluding hydrogens is 140 g/mol. The summed E-state index contributed by atoms with van der Waals surface area (Å²) in [6.07, 6.45) is 1.01. The van der Waals surface area contributed by atoms with Crippen LogP contribution in [0.2, 0.25) is 0 Å². The molecule has 0 fully saturated rings. The molecule has 0 aromatic rings. The molecule has 0 aliphatic rings. The predicted octanol–water partition coefficient (Wildman–Crippen LogP) is 0.0379. The second-order valence-corrected chi connectivity index (χ2v) is 3.20. The molecule has 0 spiro atoms. The number of likely N-dealkylation sites (N-methyl/N-ethyl adjacent to an activating group) is 1. The van der Waals surface area contributed by atoms with Crippen molar-refractivity contribution in [3.63, 3.8) is 0 Å². The van der Waals surface area contributed by atoms with Crippen molar-refractivity contribution in [3.8, 4) is 0 Å². The Balaban J connectivity index is 4.00. The zero-order valence-corrected chi connectivity index (χ0v) is 7.80. The maximum Gasteiger partial charge on any atom is 0.0558 e. The van der Waals surface area contributed by atoms with Crippen molar-refractivity contribution in [1.29, 1.82) is 0 Å². The number of β-amino-alcohol motifs (C(OH)–C–C–N with tert-alkyl or cyclic N) is 1. The molecule has 0 saturated carbocycles. The highest BCUT2D eigenvalue weighted by atomic mass is 16.3. The SMILES string of the molecule is CCC(C)(CN)N(C)CCO. The molecule has 3 heteroatoms. The molecule has 11 heavy (non-hydrogen) atoms. The molecule has 0 radical (unpaired) electrons. The molecule has 3 nitrogen and oxygen atoms in total. The molecule has 0 heterocycles. The van der Waals surface area contributed by atoms with Gasteiger partial charge in [-0.25, -0.2) is 0 Å². The first-order valence-electron chi connectivity index (χ1n) is 4.13. The standard InChI is InChI=1S/C8H20N2O/c1-4-8(2,7-9)10(3)5-6-11/h11H,4-7,9H2,1-3H3. The smallest absolute Gasteiger partial charge is 0.0558 e. The van der Waals surface area contributed by atoms with Crippen molar-refractivity contribution >= 4 is 0 Å². The van der Waals surface area contributed by atoms with Crippen molar-refractivity contribution in [2.24, 2.45) is 5.73 Å². The molecule has 0 aromatic carbocycles. The number of hydrogen-bond donors (Lipinski definition) is 2. The zero-order chi connectivity index (χ0) is 8.91. The molecule has 0 saturated heterocycles. The maximum absolute atomic E-state index is 8.71.